The molecule has 128 valence electrons. The Balaban J connectivity index is 1.51. The van der Waals surface area contributed by atoms with Crippen LogP contribution in [0.4, 0.5) is 0 Å². The van der Waals surface area contributed by atoms with Crippen LogP contribution >= 0.6 is 0 Å². The molecule has 0 aliphatic heterocycles. The van der Waals surface area contributed by atoms with Crippen molar-refractivity contribution < 1.29 is 4.79 Å². The topological polar surface area (TPSA) is 20.3 Å². The Labute approximate surface area is 141 Å². The minimum atomic E-state index is 0.362. The SMILES string of the molecule is CN(C)C(=O)[C@@H]([C@H]1C[C@H]2CC[C@H]1C2)C12CC3CC(CC(C3)C1)C2. The Morgan fingerprint density at radius 2 is 1.48 bits per heavy atom. The standard InChI is InChI=1S/C21H33NO/c1-22(2)20(23)19(18-9-13-3-4-17(18)8-13)21-10-14-5-15(11-21)7-16(6-14)12-21/h13-19H,3-12H2,1-2H3/t13-,14?,15?,16?,17-,18-,19+,21?/m0/s1. The molecule has 0 aromatic rings. The molecule has 6 rings (SSSR count). The van der Waals surface area contributed by atoms with Crippen molar-refractivity contribution in [2.45, 2.75) is 64.2 Å². The zero-order valence-electron chi connectivity index (χ0n) is 15.0. The molecule has 4 atom stereocenters. The first-order chi connectivity index (χ1) is 11.0. The number of amides is 1. The Hall–Kier alpha value is -0.530. The minimum absolute atomic E-state index is 0.362. The molecule has 6 aliphatic rings. The van der Waals surface area contributed by atoms with Gasteiger partial charge >= 0.3 is 0 Å². The summed E-state index contributed by atoms with van der Waals surface area (Å²) in [4.78, 5) is 15.3. The van der Waals surface area contributed by atoms with Gasteiger partial charge in [0.05, 0.1) is 0 Å². The molecule has 23 heavy (non-hydrogen) atoms. The normalized spacial score (nSPS) is 51.2. The fraction of sp³-hybridized carbons (Fsp3) is 0.952. The van der Waals surface area contributed by atoms with E-state index in [0.717, 1.165) is 35.5 Å². The Morgan fingerprint density at radius 1 is 0.870 bits per heavy atom. The largest absolute Gasteiger partial charge is 0.349 e. The van der Waals surface area contributed by atoms with Crippen molar-refractivity contribution in [3.05, 3.63) is 0 Å². The summed E-state index contributed by atoms with van der Waals surface area (Å²) in [5, 5.41) is 0. The maximum Gasteiger partial charge on any atom is 0.226 e. The first-order valence-corrected chi connectivity index (χ1v) is 10.3. The van der Waals surface area contributed by atoms with Crippen LogP contribution in [-0.4, -0.2) is 24.9 Å². The maximum atomic E-state index is 13.3. The zero-order valence-corrected chi connectivity index (χ0v) is 15.0. The van der Waals surface area contributed by atoms with Crippen molar-refractivity contribution >= 4 is 5.91 Å². The summed E-state index contributed by atoms with van der Waals surface area (Å²) in [6.45, 7) is 0. The highest BCUT2D eigenvalue weighted by Crippen LogP contribution is 2.66. The van der Waals surface area contributed by atoms with Gasteiger partial charge in [0.25, 0.3) is 0 Å². The van der Waals surface area contributed by atoms with Crippen LogP contribution in [0.25, 0.3) is 0 Å². The molecule has 0 heterocycles. The van der Waals surface area contributed by atoms with Gasteiger partial charge < -0.3 is 4.90 Å². The van der Waals surface area contributed by atoms with E-state index in [-0.39, 0.29) is 0 Å². The quantitative estimate of drug-likeness (QED) is 0.758. The lowest BCUT2D eigenvalue weighted by Gasteiger charge is -2.60. The van der Waals surface area contributed by atoms with Crippen molar-refractivity contribution in [2.24, 2.45) is 46.8 Å². The number of hydrogen-bond acceptors (Lipinski definition) is 1. The summed E-state index contributed by atoms with van der Waals surface area (Å²) < 4.78 is 0. The van der Waals surface area contributed by atoms with Gasteiger partial charge in [-0.2, -0.15) is 0 Å². The zero-order chi connectivity index (χ0) is 15.8. The van der Waals surface area contributed by atoms with E-state index in [2.05, 4.69) is 0 Å². The molecule has 1 amide bonds. The first-order valence-electron chi connectivity index (χ1n) is 10.3. The summed E-state index contributed by atoms with van der Waals surface area (Å²) in [5.74, 6) is 6.27. The van der Waals surface area contributed by atoms with Gasteiger partial charge in [0.1, 0.15) is 0 Å². The molecule has 0 aromatic heterocycles. The predicted molar refractivity (Wildman–Crippen MR) is 91.7 cm³/mol. The molecule has 6 saturated carbocycles. The van der Waals surface area contributed by atoms with Gasteiger partial charge in [0, 0.05) is 20.0 Å². The molecule has 2 nitrogen and oxygen atoms in total. The smallest absolute Gasteiger partial charge is 0.226 e. The summed E-state index contributed by atoms with van der Waals surface area (Å²) >= 11 is 0. The summed E-state index contributed by atoms with van der Waals surface area (Å²) in [6.07, 6.45) is 14.3. The predicted octanol–water partition coefficient (Wildman–Crippen LogP) is 4.34. The lowest BCUT2D eigenvalue weighted by molar-refractivity contribution is -0.157. The lowest BCUT2D eigenvalue weighted by Crippen LogP contribution is -2.55. The third-order valence-electron chi connectivity index (χ3n) is 8.67. The second kappa shape index (κ2) is 4.99. The van der Waals surface area contributed by atoms with Gasteiger partial charge in [-0.25, -0.2) is 0 Å². The van der Waals surface area contributed by atoms with Crippen LogP contribution in [0.2, 0.25) is 0 Å². The molecule has 0 unspecified atom stereocenters. The molecule has 0 saturated heterocycles. The second-order valence-corrected chi connectivity index (χ2v) is 10.3. The van der Waals surface area contributed by atoms with Crippen LogP contribution in [0.3, 0.4) is 0 Å². The molecule has 0 spiro atoms. The van der Waals surface area contributed by atoms with Gasteiger partial charge in [-0.3, -0.25) is 4.79 Å². The van der Waals surface area contributed by atoms with Crippen LogP contribution in [0.15, 0.2) is 0 Å². The Bertz CT molecular complexity index is 475. The number of carbonyl (C=O) groups excluding carboxylic acids is 1. The molecule has 0 N–H and O–H groups in total. The minimum Gasteiger partial charge on any atom is -0.349 e. The van der Waals surface area contributed by atoms with Crippen LogP contribution in [0.5, 0.6) is 0 Å². The van der Waals surface area contributed by atoms with Crippen LogP contribution in [-0.2, 0) is 4.79 Å². The van der Waals surface area contributed by atoms with Gasteiger partial charge in [0.15, 0.2) is 0 Å². The van der Waals surface area contributed by atoms with Crippen molar-refractivity contribution in [3.8, 4) is 0 Å². The average molecular weight is 316 g/mol. The van der Waals surface area contributed by atoms with E-state index in [1.165, 1.54) is 64.2 Å². The highest BCUT2D eigenvalue weighted by Gasteiger charge is 2.60. The Morgan fingerprint density at radius 3 is 1.91 bits per heavy atom. The highest BCUT2D eigenvalue weighted by molar-refractivity contribution is 5.79. The number of nitrogens with zero attached hydrogens (tertiary/aromatic N) is 1. The number of fused-ring (bicyclic) bond motifs is 2. The van der Waals surface area contributed by atoms with Crippen LogP contribution < -0.4 is 0 Å². The third kappa shape index (κ3) is 2.15. The summed E-state index contributed by atoms with van der Waals surface area (Å²) in [6, 6.07) is 0. The molecular weight excluding hydrogens is 282 g/mol. The maximum absolute atomic E-state index is 13.3. The fourth-order valence-corrected chi connectivity index (χ4v) is 8.44. The van der Waals surface area contributed by atoms with E-state index in [1.807, 2.05) is 19.0 Å². The number of hydrogen-bond donors (Lipinski definition) is 0. The molecule has 6 aliphatic carbocycles. The third-order valence-corrected chi connectivity index (χ3v) is 8.67. The van der Waals surface area contributed by atoms with Gasteiger partial charge in [-0.15, -0.1) is 0 Å². The molecular formula is C21H33NO. The monoisotopic (exact) mass is 315 g/mol. The molecule has 6 bridgehead atoms. The van der Waals surface area contributed by atoms with Gasteiger partial charge in [0.2, 0.25) is 5.91 Å². The van der Waals surface area contributed by atoms with Gasteiger partial charge in [-0.05, 0) is 98.7 Å². The molecule has 6 fully saturated rings. The van der Waals surface area contributed by atoms with E-state index in [0.29, 0.717) is 17.2 Å². The first kappa shape index (κ1) is 14.8. The van der Waals surface area contributed by atoms with E-state index in [9.17, 15) is 4.79 Å². The highest BCUT2D eigenvalue weighted by atomic mass is 16.2. The second-order valence-electron chi connectivity index (χ2n) is 10.3. The van der Waals surface area contributed by atoms with Crippen molar-refractivity contribution in [1.29, 1.82) is 0 Å². The van der Waals surface area contributed by atoms with E-state index < -0.39 is 0 Å². The van der Waals surface area contributed by atoms with E-state index in [4.69, 9.17) is 0 Å². The Kier molecular flexibility index (Phi) is 3.21. The van der Waals surface area contributed by atoms with Crippen molar-refractivity contribution in [2.75, 3.05) is 14.1 Å². The number of carbonyl (C=O) groups is 1. The van der Waals surface area contributed by atoms with Crippen LogP contribution in [0.1, 0.15) is 64.2 Å². The number of rotatable bonds is 3. The summed E-state index contributed by atoms with van der Waals surface area (Å²) in [5.41, 5.74) is 0.394. The fourth-order valence-electron chi connectivity index (χ4n) is 8.44. The van der Waals surface area contributed by atoms with Crippen molar-refractivity contribution in [3.63, 3.8) is 0 Å². The van der Waals surface area contributed by atoms with E-state index in [1.54, 1.807) is 0 Å². The van der Waals surface area contributed by atoms with Crippen molar-refractivity contribution in [1.82, 2.24) is 4.90 Å². The lowest BCUT2D eigenvalue weighted by atomic mass is 9.44. The molecule has 0 radical (unpaired) electrons. The summed E-state index contributed by atoms with van der Waals surface area (Å²) in [7, 11) is 4.01. The molecule has 2 heteroatoms. The molecule has 0 aromatic carbocycles. The van der Waals surface area contributed by atoms with Crippen LogP contribution in [0, 0.1) is 46.8 Å². The van der Waals surface area contributed by atoms with Gasteiger partial charge in [-0.1, -0.05) is 6.42 Å². The van der Waals surface area contributed by atoms with E-state index >= 15 is 0 Å². The average Bonchev–Trinajstić information content (AvgIpc) is 3.08.